The van der Waals surface area contributed by atoms with Gasteiger partial charge in [0.05, 0.1) is 24.3 Å². The number of rotatable bonds is 5. The molecule has 0 atom stereocenters. The summed E-state index contributed by atoms with van der Waals surface area (Å²) in [5.41, 5.74) is 1.04. The largest absolute Gasteiger partial charge is 0.446 e. The van der Waals surface area contributed by atoms with Crippen LogP contribution in [-0.4, -0.2) is 20.6 Å². The van der Waals surface area contributed by atoms with Gasteiger partial charge in [0.25, 0.3) is 0 Å². The SMILES string of the molecule is CC(C)OC(=O)NS(=O)(=O)Nc1ccc(CC#N)cc1. The normalized spacial score (nSPS) is 10.7. The van der Waals surface area contributed by atoms with Gasteiger partial charge in [-0.15, -0.1) is 0 Å². The fraction of sp³-hybridized carbons (Fsp3) is 0.333. The summed E-state index contributed by atoms with van der Waals surface area (Å²) in [7, 11) is -4.04. The van der Waals surface area contributed by atoms with Gasteiger partial charge in [0.2, 0.25) is 0 Å². The van der Waals surface area contributed by atoms with E-state index in [0.29, 0.717) is 0 Å². The minimum absolute atomic E-state index is 0.242. The molecule has 0 fully saturated rings. The molecule has 20 heavy (non-hydrogen) atoms. The highest BCUT2D eigenvalue weighted by Gasteiger charge is 2.16. The van der Waals surface area contributed by atoms with Crippen molar-refractivity contribution in [2.45, 2.75) is 26.4 Å². The number of carbonyl (C=O) groups is 1. The molecule has 0 aromatic heterocycles. The van der Waals surface area contributed by atoms with E-state index in [4.69, 9.17) is 5.26 Å². The first-order chi connectivity index (χ1) is 9.32. The summed E-state index contributed by atoms with van der Waals surface area (Å²) < 4.78 is 31.8. The Kier molecular flexibility index (Phi) is 5.34. The van der Waals surface area contributed by atoms with Crippen molar-refractivity contribution in [1.29, 1.82) is 5.26 Å². The van der Waals surface area contributed by atoms with E-state index < -0.39 is 22.4 Å². The molecule has 0 bridgehead atoms. The minimum Gasteiger partial charge on any atom is -0.446 e. The van der Waals surface area contributed by atoms with Crippen molar-refractivity contribution in [3.05, 3.63) is 29.8 Å². The molecule has 0 saturated carbocycles. The Balaban J connectivity index is 2.66. The molecule has 0 heterocycles. The number of hydrogen-bond acceptors (Lipinski definition) is 5. The zero-order chi connectivity index (χ0) is 15.2. The molecular formula is C12H15N3O4S. The van der Waals surface area contributed by atoms with Crippen molar-refractivity contribution in [2.75, 3.05) is 4.72 Å². The van der Waals surface area contributed by atoms with Gasteiger partial charge in [-0.3, -0.25) is 4.72 Å². The maximum Gasteiger partial charge on any atom is 0.422 e. The Bertz CT molecular complexity index is 603. The van der Waals surface area contributed by atoms with Crippen LogP contribution in [0.3, 0.4) is 0 Å². The molecule has 0 aliphatic carbocycles. The van der Waals surface area contributed by atoms with Gasteiger partial charge in [-0.25, -0.2) is 9.52 Å². The van der Waals surface area contributed by atoms with Crippen molar-refractivity contribution in [2.24, 2.45) is 0 Å². The molecule has 7 nitrogen and oxygen atoms in total. The van der Waals surface area contributed by atoms with Crippen LogP contribution in [0.4, 0.5) is 10.5 Å². The van der Waals surface area contributed by atoms with Crippen LogP contribution in [0.15, 0.2) is 24.3 Å². The molecule has 1 rings (SSSR count). The topological polar surface area (TPSA) is 108 Å². The van der Waals surface area contributed by atoms with Gasteiger partial charge < -0.3 is 4.74 Å². The molecule has 0 radical (unpaired) electrons. The summed E-state index contributed by atoms with van der Waals surface area (Å²) in [4.78, 5) is 11.2. The summed E-state index contributed by atoms with van der Waals surface area (Å²) in [6, 6.07) is 8.22. The van der Waals surface area contributed by atoms with Crippen LogP contribution in [0, 0.1) is 11.3 Å². The van der Waals surface area contributed by atoms with Crippen LogP contribution < -0.4 is 9.44 Å². The summed E-state index contributed by atoms with van der Waals surface area (Å²) in [6.45, 7) is 3.21. The molecule has 0 spiro atoms. The van der Waals surface area contributed by atoms with Crippen molar-refractivity contribution < 1.29 is 17.9 Å². The molecule has 8 heteroatoms. The lowest BCUT2D eigenvalue weighted by atomic mass is 10.1. The maximum absolute atomic E-state index is 11.6. The van der Waals surface area contributed by atoms with Crippen molar-refractivity contribution >= 4 is 22.0 Å². The number of carbonyl (C=O) groups excluding carboxylic acids is 1. The second-order valence-corrected chi connectivity index (χ2v) is 5.61. The highest BCUT2D eigenvalue weighted by atomic mass is 32.2. The zero-order valence-corrected chi connectivity index (χ0v) is 11.9. The zero-order valence-electron chi connectivity index (χ0n) is 11.1. The van der Waals surface area contributed by atoms with Gasteiger partial charge in [0.1, 0.15) is 0 Å². The van der Waals surface area contributed by atoms with Crippen LogP contribution in [0.25, 0.3) is 0 Å². The minimum atomic E-state index is -4.04. The third kappa shape index (κ3) is 5.58. The van der Waals surface area contributed by atoms with Gasteiger partial charge in [0, 0.05) is 0 Å². The molecule has 0 aliphatic rings. The monoisotopic (exact) mass is 297 g/mol. The van der Waals surface area contributed by atoms with Gasteiger partial charge in [-0.05, 0) is 31.5 Å². The number of nitrogens with zero attached hydrogens (tertiary/aromatic N) is 1. The second kappa shape index (κ2) is 6.77. The second-order valence-electron chi connectivity index (χ2n) is 4.19. The van der Waals surface area contributed by atoms with Crippen molar-refractivity contribution in [3.63, 3.8) is 0 Å². The number of nitrogens with one attached hydrogen (secondary N) is 2. The van der Waals surface area contributed by atoms with E-state index in [-0.39, 0.29) is 12.1 Å². The van der Waals surface area contributed by atoms with E-state index in [1.54, 1.807) is 30.7 Å². The van der Waals surface area contributed by atoms with E-state index >= 15 is 0 Å². The van der Waals surface area contributed by atoms with E-state index in [9.17, 15) is 13.2 Å². The highest BCUT2D eigenvalue weighted by Crippen LogP contribution is 2.11. The first-order valence-electron chi connectivity index (χ1n) is 5.79. The number of benzene rings is 1. The number of hydrogen-bond donors (Lipinski definition) is 2. The molecule has 2 N–H and O–H groups in total. The van der Waals surface area contributed by atoms with Crippen LogP contribution in [-0.2, 0) is 21.4 Å². The summed E-state index contributed by atoms with van der Waals surface area (Å²) in [5, 5.41) is 8.52. The first kappa shape index (κ1) is 15.8. The first-order valence-corrected chi connectivity index (χ1v) is 7.28. The van der Waals surface area contributed by atoms with Crippen LogP contribution >= 0.6 is 0 Å². The third-order valence-corrected chi connectivity index (χ3v) is 2.99. The van der Waals surface area contributed by atoms with Crippen LogP contribution in [0.1, 0.15) is 19.4 Å². The van der Waals surface area contributed by atoms with Crippen molar-refractivity contribution in [1.82, 2.24) is 4.72 Å². The lowest BCUT2D eigenvalue weighted by molar-refractivity contribution is 0.121. The van der Waals surface area contributed by atoms with Gasteiger partial charge in [0.15, 0.2) is 0 Å². The Hall–Kier alpha value is -2.27. The van der Waals surface area contributed by atoms with E-state index in [0.717, 1.165) is 5.56 Å². The van der Waals surface area contributed by atoms with Gasteiger partial charge >= 0.3 is 16.3 Å². The lowest BCUT2D eigenvalue weighted by Crippen LogP contribution is -2.36. The number of nitriles is 1. The summed E-state index contributed by atoms with van der Waals surface area (Å²) in [5.74, 6) is 0. The van der Waals surface area contributed by atoms with E-state index in [1.807, 2.05) is 6.07 Å². The average molecular weight is 297 g/mol. The van der Waals surface area contributed by atoms with Crippen molar-refractivity contribution in [3.8, 4) is 6.07 Å². The Morgan fingerprint density at radius 2 is 1.95 bits per heavy atom. The molecule has 0 saturated heterocycles. The molecule has 1 aromatic rings. The standard InChI is InChI=1S/C12H15N3O4S/c1-9(2)19-12(16)15-20(17,18)14-11-5-3-10(4-6-11)7-8-13/h3-6,9,14H,7H2,1-2H3,(H,15,16). The number of amides is 1. The molecule has 0 unspecified atom stereocenters. The summed E-state index contributed by atoms with van der Waals surface area (Å²) in [6.07, 6.45) is -1.23. The number of ether oxygens (including phenoxy) is 1. The highest BCUT2D eigenvalue weighted by molar-refractivity contribution is 7.91. The third-order valence-electron chi connectivity index (χ3n) is 2.05. The molecule has 0 aliphatic heterocycles. The number of anilines is 1. The predicted octanol–water partition coefficient (Wildman–Crippen LogP) is 1.54. The van der Waals surface area contributed by atoms with E-state index in [1.165, 1.54) is 12.1 Å². The fourth-order valence-electron chi connectivity index (χ4n) is 1.31. The maximum atomic E-state index is 11.6. The van der Waals surface area contributed by atoms with E-state index in [2.05, 4.69) is 9.46 Å². The predicted molar refractivity (Wildman–Crippen MR) is 73.1 cm³/mol. The van der Waals surface area contributed by atoms with Gasteiger partial charge in [-0.1, -0.05) is 12.1 Å². The fourth-order valence-corrected chi connectivity index (χ4v) is 2.08. The molecule has 1 amide bonds. The van der Waals surface area contributed by atoms with Crippen LogP contribution in [0.2, 0.25) is 0 Å². The summed E-state index contributed by atoms with van der Waals surface area (Å²) >= 11 is 0. The quantitative estimate of drug-likeness (QED) is 0.857. The molecule has 1 aromatic carbocycles. The average Bonchev–Trinajstić information content (AvgIpc) is 2.29. The smallest absolute Gasteiger partial charge is 0.422 e. The molecule has 108 valence electrons. The van der Waals surface area contributed by atoms with Crippen LogP contribution in [0.5, 0.6) is 0 Å². The Morgan fingerprint density at radius 1 is 1.35 bits per heavy atom. The van der Waals surface area contributed by atoms with Gasteiger partial charge in [-0.2, -0.15) is 13.7 Å². The molecular weight excluding hydrogens is 282 g/mol. The Morgan fingerprint density at radius 3 is 2.45 bits per heavy atom. The lowest BCUT2D eigenvalue weighted by Gasteiger charge is -2.11. The Labute approximate surface area is 117 Å².